The van der Waals surface area contributed by atoms with E-state index in [1.807, 2.05) is 67.6 Å². The molecule has 5 rings (SSSR count). The van der Waals surface area contributed by atoms with Crippen LogP contribution < -0.4 is 14.8 Å². The molecule has 200 valence electrons. The van der Waals surface area contributed by atoms with Gasteiger partial charge in [-0.05, 0) is 64.9 Å². The van der Waals surface area contributed by atoms with Crippen LogP contribution in [0.4, 0.5) is 13.2 Å². The summed E-state index contributed by atoms with van der Waals surface area (Å²) < 4.78 is 50.3. The Bertz CT molecular complexity index is 1470. The van der Waals surface area contributed by atoms with Crippen molar-refractivity contribution in [2.24, 2.45) is 0 Å². The van der Waals surface area contributed by atoms with E-state index in [0.29, 0.717) is 23.7 Å². The Hall–Kier alpha value is -4.17. The Morgan fingerprint density at radius 2 is 1.74 bits per heavy atom. The SMILES string of the molecule is COc1cc2c(cc1OCc1ccccc1)CCNC2/C=C/c1cc(-c2cnc(C(F)(F)F)nc2)ccc1C. The Morgan fingerprint density at radius 1 is 0.974 bits per heavy atom. The molecule has 0 saturated heterocycles. The summed E-state index contributed by atoms with van der Waals surface area (Å²) in [5.41, 5.74) is 6.66. The van der Waals surface area contributed by atoms with Crippen molar-refractivity contribution in [3.05, 3.63) is 113 Å². The lowest BCUT2D eigenvalue weighted by Gasteiger charge is -2.26. The number of aryl methyl sites for hydroxylation is 1. The van der Waals surface area contributed by atoms with Crippen LogP contribution in [0.15, 0.2) is 79.1 Å². The predicted molar refractivity (Wildman–Crippen MR) is 144 cm³/mol. The topological polar surface area (TPSA) is 56.3 Å². The van der Waals surface area contributed by atoms with E-state index in [2.05, 4.69) is 27.4 Å². The molecule has 4 aromatic rings. The van der Waals surface area contributed by atoms with Crippen molar-refractivity contribution in [3.8, 4) is 22.6 Å². The second kappa shape index (κ2) is 11.3. The molecule has 0 spiro atoms. The summed E-state index contributed by atoms with van der Waals surface area (Å²) in [5, 5.41) is 3.55. The van der Waals surface area contributed by atoms with Crippen molar-refractivity contribution in [3.63, 3.8) is 0 Å². The van der Waals surface area contributed by atoms with Gasteiger partial charge in [0.2, 0.25) is 5.82 Å². The summed E-state index contributed by atoms with van der Waals surface area (Å²) in [6, 6.07) is 19.8. The van der Waals surface area contributed by atoms with Crippen molar-refractivity contribution >= 4 is 6.08 Å². The molecule has 0 aliphatic carbocycles. The third kappa shape index (κ3) is 6.12. The van der Waals surface area contributed by atoms with Gasteiger partial charge in [-0.15, -0.1) is 0 Å². The fourth-order valence-electron chi connectivity index (χ4n) is 4.60. The van der Waals surface area contributed by atoms with E-state index < -0.39 is 12.0 Å². The number of benzene rings is 3. The number of methoxy groups -OCH3 is 1. The molecule has 3 aromatic carbocycles. The lowest BCUT2D eigenvalue weighted by Crippen LogP contribution is -2.28. The van der Waals surface area contributed by atoms with Crippen LogP contribution in [0.25, 0.3) is 17.2 Å². The normalized spacial score (nSPS) is 15.3. The van der Waals surface area contributed by atoms with E-state index in [1.54, 1.807) is 7.11 Å². The highest BCUT2D eigenvalue weighted by Gasteiger charge is 2.34. The number of alkyl halides is 3. The number of fused-ring (bicyclic) bond motifs is 1. The molecular weight excluding hydrogens is 503 g/mol. The first kappa shape index (κ1) is 26.4. The molecule has 39 heavy (non-hydrogen) atoms. The zero-order valence-electron chi connectivity index (χ0n) is 21.6. The molecule has 2 heterocycles. The van der Waals surface area contributed by atoms with Gasteiger partial charge in [-0.1, -0.05) is 54.6 Å². The van der Waals surface area contributed by atoms with Crippen molar-refractivity contribution in [1.82, 2.24) is 15.3 Å². The van der Waals surface area contributed by atoms with Gasteiger partial charge in [-0.25, -0.2) is 9.97 Å². The monoisotopic (exact) mass is 531 g/mol. The van der Waals surface area contributed by atoms with Crippen molar-refractivity contribution in [2.75, 3.05) is 13.7 Å². The van der Waals surface area contributed by atoms with E-state index in [1.165, 1.54) is 18.0 Å². The summed E-state index contributed by atoms with van der Waals surface area (Å²) in [5.74, 6) is 0.240. The number of aromatic nitrogens is 2. The molecule has 0 fully saturated rings. The number of hydrogen-bond donors (Lipinski definition) is 1. The van der Waals surface area contributed by atoms with E-state index in [-0.39, 0.29) is 6.04 Å². The quantitative estimate of drug-likeness (QED) is 0.279. The van der Waals surface area contributed by atoms with Crippen LogP contribution in [0.3, 0.4) is 0 Å². The second-order valence-electron chi connectivity index (χ2n) is 9.38. The summed E-state index contributed by atoms with van der Waals surface area (Å²) in [7, 11) is 1.64. The zero-order valence-corrected chi connectivity index (χ0v) is 21.6. The molecular formula is C31H28F3N3O2. The van der Waals surface area contributed by atoms with Gasteiger partial charge < -0.3 is 14.8 Å². The maximum absolute atomic E-state index is 12.8. The van der Waals surface area contributed by atoms with Gasteiger partial charge in [-0.2, -0.15) is 13.2 Å². The third-order valence-electron chi connectivity index (χ3n) is 6.74. The number of ether oxygens (including phenoxy) is 2. The standard InChI is InChI=1S/C31H28F3N3O2/c1-20-8-9-23(25-17-36-30(37-18-25)31(32,33)34)14-22(20)10-11-27-26-16-28(38-2)29(15-24(26)12-13-35-27)39-19-21-6-4-3-5-7-21/h3-11,14-18,27,35H,12-13,19H2,1-2H3/b11-10+. The summed E-state index contributed by atoms with van der Waals surface area (Å²) in [6.07, 6.45) is 2.84. The smallest absolute Gasteiger partial charge is 0.451 e. The van der Waals surface area contributed by atoms with Crippen LogP contribution in [0.5, 0.6) is 11.5 Å². The second-order valence-corrected chi connectivity index (χ2v) is 9.38. The average Bonchev–Trinajstić information content (AvgIpc) is 2.95. The minimum atomic E-state index is -4.57. The highest BCUT2D eigenvalue weighted by molar-refractivity contribution is 5.68. The van der Waals surface area contributed by atoms with Crippen LogP contribution in [0.2, 0.25) is 0 Å². The number of rotatable bonds is 7. The molecule has 1 atom stereocenters. The van der Waals surface area contributed by atoms with Crippen LogP contribution in [-0.4, -0.2) is 23.6 Å². The lowest BCUT2D eigenvalue weighted by atomic mass is 9.92. The van der Waals surface area contributed by atoms with E-state index in [0.717, 1.165) is 40.8 Å². The van der Waals surface area contributed by atoms with Crippen molar-refractivity contribution in [2.45, 2.75) is 32.2 Å². The van der Waals surface area contributed by atoms with Crippen LogP contribution in [0.1, 0.15) is 39.7 Å². The molecule has 1 N–H and O–H groups in total. The molecule has 1 aliphatic heterocycles. The first-order chi connectivity index (χ1) is 18.8. The molecule has 5 nitrogen and oxygen atoms in total. The number of hydrogen-bond acceptors (Lipinski definition) is 5. The van der Waals surface area contributed by atoms with Crippen LogP contribution >= 0.6 is 0 Å². The molecule has 8 heteroatoms. The molecule has 1 aromatic heterocycles. The fourth-order valence-corrected chi connectivity index (χ4v) is 4.60. The molecule has 1 aliphatic rings. The number of nitrogens with one attached hydrogen (secondary N) is 1. The average molecular weight is 532 g/mol. The van der Waals surface area contributed by atoms with Crippen molar-refractivity contribution < 1.29 is 22.6 Å². The molecule has 0 saturated carbocycles. The van der Waals surface area contributed by atoms with E-state index >= 15 is 0 Å². The van der Waals surface area contributed by atoms with E-state index in [9.17, 15) is 13.2 Å². The maximum Gasteiger partial charge on any atom is 0.451 e. The Kier molecular flexibility index (Phi) is 7.65. The van der Waals surface area contributed by atoms with Gasteiger partial charge in [0.15, 0.2) is 11.5 Å². The molecule has 0 bridgehead atoms. The van der Waals surface area contributed by atoms with Gasteiger partial charge in [0.1, 0.15) is 6.61 Å². The number of halogens is 3. The third-order valence-corrected chi connectivity index (χ3v) is 6.74. The van der Waals surface area contributed by atoms with Gasteiger partial charge in [-0.3, -0.25) is 0 Å². The van der Waals surface area contributed by atoms with Gasteiger partial charge in [0.05, 0.1) is 13.2 Å². The minimum absolute atomic E-state index is 0.0386. The zero-order chi connectivity index (χ0) is 27.4. The Balaban J connectivity index is 1.37. The summed E-state index contributed by atoms with van der Waals surface area (Å²) in [4.78, 5) is 6.98. The molecule has 0 amide bonds. The van der Waals surface area contributed by atoms with E-state index in [4.69, 9.17) is 9.47 Å². The predicted octanol–water partition coefficient (Wildman–Crippen LogP) is 6.96. The van der Waals surface area contributed by atoms with Crippen LogP contribution in [-0.2, 0) is 19.2 Å². The fraction of sp³-hybridized carbons (Fsp3) is 0.226. The first-order valence-corrected chi connectivity index (χ1v) is 12.6. The highest BCUT2D eigenvalue weighted by Crippen LogP contribution is 2.37. The highest BCUT2D eigenvalue weighted by atomic mass is 19.4. The number of nitrogens with zero attached hydrogens (tertiary/aromatic N) is 2. The van der Waals surface area contributed by atoms with Gasteiger partial charge in [0, 0.05) is 24.5 Å². The van der Waals surface area contributed by atoms with Crippen LogP contribution in [0, 0.1) is 6.92 Å². The summed E-state index contributed by atoms with van der Waals surface area (Å²) in [6.45, 7) is 3.26. The molecule has 0 radical (unpaired) electrons. The van der Waals surface area contributed by atoms with Crippen molar-refractivity contribution in [1.29, 1.82) is 0 Å². The minimum Gasteiger partial charge on any atom is -0.493 e. The first-order valence-electron chi connectivity index (χ1n) is 12.6. The maximum atomic E-state index is 12.8. The largest absolute Gasteiger partial charge is 0.493 e. The Labute approximate surface area is 225 Å². The Morgan fingerprint density at radius 3 is 2.46 bits per heavy atom. The van der Waals surface area contributed by atoms with Gasteiger partial charge in [0.25, 0.3) is 0 Å². The lowest BCUT2D eigenvalue weighted by molar-refractivity contribution is -0.144. The molecule has 1 unspecified atom stereocenters. The van der Waals surface area contributed by atoms with Gasteiger partial charge >= 0.3 is 6.18 Å². The summed E-state index contributed by atoms with van der Waals surface area (Å²) >= 11 is 0.